The summed E-state index contributed by atoms with van der Waals surface area (Å²) in [7, 11) is 1.52. The average molecular weight is 359 g/mol. The van der Waals surface area contributed by atoms with Gasteiger partial charge in [-0.25, -0.2) is 4.39 Å². The minimum Gasteiger partial charge on any atom is -0.496 e. The van der Waals surface area contributed by atoms with Crippen molar-refractivity contribution >= 4 is 5.91 Å². The highest BCUT2D eigenvalue weighted by atomic mass is 19.1. The molecule has 0 bridgehead atoms. The van der Waals surface area contributed by atoms with Gasteiger partial charge in [-0.2, -0.15) is 0 Å². The Bertz CT molecular complexity index is 782. The number of aliphatic hydroxyl groups is 1. The lowest BCUT2D eigenvalue weighted by Crippen LogP contribution is -2.57. The van der Waals surface area contributed by atoms with Crippen LogP contribution in [0.1, 0.15) is 15.9 Å². The Morgan fingerprint density at radius 3 is 2.73 bits per heavy atom. The number of nitrogens with zero attached hydrogens (tertiary/aromatic N) is 1. The van der Waals surface area contributed by atoms with E-state index in [-0.39, 0.29) is 37.9 Å². The Labute approximate surface area is 152 Å². The maximum absolute atomic E-state index is 14.0. The number of morpholine rings is 1. The van der Waals surface area contributed by atoms with E-state index in [1.807, 2.05) is 0 Å². The van der Waals surface area contributed by atoms with Crippen LogP contribution in [0.4, 0.5) is 4.39 Å². The number of aliphatic hydroxyl groups excluding tert-OH is 1. The smallest absolute Gasteiger partial charge is 0.257 e. The summed E-state index contributed by atoms with van der Waals surface area (Å²) in [6.45, 7) is 0.539. The molecule has 5 nitrogen and oxygen atoms in total. The zero-order valence-electron chi connectivity index (χ0n) is 14.7. The van der Waals surface area contributed by atoms with Crippen molar-refractivity contribution in [2.45, 2.75) is 12.0 Å². The van der Waals surface area contributed by atoms with Crippen molar-refractivity contribution in [3.8, 4) is 5.75 Å². The molecule has 1 aliphatic rings. The molecule has 0 saturated carbocycles. The predicted octanol–water partition coefficient (Wildman–Crippen LogP) is 2.28. The van der Waals surface area contributed by atoms with Crippen molar-refractivity contribution in [3.63, 3.8) is 0 Å². The number of carbonyl (C=O) groups excluding carboxylic acids is 1. The van der Waals surface area contributed by atoms with E-state index in [0.717, 1.165) is 0 Å². The highest BCUT2D eigenvalue weighted by Gasteiger charge is 2.39. The van der Waals surface area contributed by atoms with Gasteiger partial charge >= 0.3 is 0 Å². The number of benzene rings is 2. The summed E-state index contributed by atoms with van der Waals surface area (Å²) in [6, 6.07) is 13.4. The zero-order chi connectivity index (χ0) is 18.6. The number of hydrogen-bond donors (Lipinski definition) is 1. The van der Waals surface area contributed by atoms with E-state index < -0.39 is 5.60 Å². The number of methoxy groups -OCH3 is 1. The fourth-order valence-electron chi connectivity index (χ4n) is 3.26. The van der Waals surface area contributed by atoms with Gasteiger partial charge in [0.1, 0.15) is 17.2 Å². The summed E-state index contributed by atoms with van der Waals surface area (Å²) >= 11 is 0. The summed E-state index contributed by atoms with van der Waals surface area (Å²) in [5, 5.41) is 9.95. The molecule has 0 aromatic heterocycles. The van der Waals surface area contributed by atoms with E-state index in [0.29, 0.717) is 23.4 Å². The molecule has 1 heterocycles. The first-order chi connectivity index (χ1) is 12.6. The summed E-state index contributed by atoms with van der Waals surface area (Å²) in [6.07, 6.45) is 0.186. The van der Waals surface area contributed by atoms with Crippen LogP contribution in [-0.4, -0.2) is 54.9 Å². The number of hydrogen-bond acceptors (Lipinski definition) is 4. The molecule has 2 aromatic carbocycles. The Hall–Kier alpha value is -2.44. The number of amides is 1. The van der Waals surface area contributed by atoms with Crippen LogP contribution in [0, 0.1) is 5.82 Å². The normalized spacial score (nSPS) is 20.0. The molecule has 1 saturated heterocycles. The maximum atomic E-state index is 14.0. The molecule has 1 aliphatic heterocycles. The lowest BCUT2D eigenvalue weighted by Gasteiger charge is -2.42. The SMILES string of the molecule is COc1ccccc1C(=O)N1CCO[C@](CO)(Cc2ccccc2F)C1. The van der Waals surface area contributed by atoms with Gasteiger partial charge in [0.2, 0.25) is 0 Å². The van der Waals surface area contributed by atoms with Crippen molar-refractivity contribution in [1.29, 1.82) is 0 Å². The third-order valence-electron chi connectivity index (χ3n) is 4.63. The molecule has 26 heavy (non-hydrogen) atoms. The van der Waals surface area contributed by atoms with Crippen LogP contribution in [-0.2, 0) is 11.2 Å². The summed E-state index contributed by atoms with van der Waals surface area (Å²) in [5.41, 5.74) is -0.124. The van der Waals surface area contributed by atoms with E-state index in [2.05, 4.69) is 0 Å². The number of rotatable bonds is 5. The van der Waals surface area contributed by atoms with Crippen molar-refractivity contribution in [2.24, 2.45) is 0 Å². The topological polar surface area (TPSA) is 59.0 Å². The van der Waals surface area contributed by atoms with Crippen molar-refractivity contribution < 1.29 is 23.8 Å². The van der Waals surface area contributed by atoms with Gasteiger partial charge in [-0.05, 0) is 23.8 Å². The molecular weight excluding hydrogens is 337 g/mol. The van der Waals surface area contributed by atoms with Gasteiger partial charge in [0.25, 0.3) is 5.91 Å². The zero-order valence-corrected chi connectivity index (χ0v) is 14.7. The van der Waals surface area contributed by atoms with E-state index in [1.165, 1.54) is 13.2 Å². The second-order valence-corrected chi connectivity index (χ2v) is 6.38. The van der Waals surface area contributed by atoms with Gasteiger partial charge in [0, 0.05) is 13.0 Å². The van der Waals surface area contributed by atoms with Gasteiger partial charge in [0.15, 0.2) is 0 Å². The minimum absolute atomic E-state index is 0.175. The summed E-state index contributed by atoms with van der Waals surface area (Å²) < 4.78 is 25.1. The molecule has 1 fully saturated rings. The quantitative estimate of drug-likeness (QED) is 0.890. The molecule has 0 unspecified atom stereocenters. The van der Waals surface area contributed by atoms with Gasteiger partial charge in [-0.3, -0.25) is 4.79 Å². The Morgan fingerprint density at radius 1 is 1.27 bits per heavy atom. The summed E-state index contributed by atoms with van der Waals surface area (Å²) in [5.74, 6) is -0.0538. The fourth-order valence-corrected chi connectivity index (χ4v) is 3.26. The summed E-state index contributed by atoms with van der Waals surface area (Å²) in [4.78, 5) is 14.6. The molecule has 3 rings (SSSR count). The van der Waals surface area contributed by atoms with Crippen LogP contribution >= 0.6 is 0 Å². The molecule has 6 heteroatoms. The first-order valence-electron chi connectivity index (χ1n) is 8.49. The standard InChI is InChI=1S/C20H22FNO4/c1-25-18-9-5-3-7-16(18)19(24)22-10-11-26-20(13-22,14-23)12-15-6-2-4-8-17(15)21/h2-9,23H,10-14H2,1H3/t20-/m1/s1. The van der Waals surface area contributed by atoms with Crippen LogP contribution in [0.5, 0.6) is 5.75 Å². The molecule has 0 spiro atoms. The van der Waals surface area contributed by atoms with Gasteiger partial charge in [-0.15, -0.1) is 0 Å². The molecule has 0 aliphatic carbocycles. The molecule has 1 atom stereocenters. The Morgan fingerprint density at radius 2 is 2.00 bits per heavy atom. The maximum Gasteiger partial charge on any atom is 0.257 e. The van der Waals surface area contributed by atoms with Crippen LogP contribution < -0.4 is 4.74 Å². The van der Waals surface area contributed by atoms with E-state index in [1.54, 1.807) is 47.4 Å². The first kappa shape index (κ1) is 18.4. The fraction of sp³-hybridized carbons (Fsp3) is 0.350. The third kappa shape index (κ3) is 3.71. The number of halogens is 1. The predicted molar refractivity (Wildman–Crippen MR) is 94.8 cm³/mol. The highest BCUT2D eigenvalue weighted by Crippen LogP contribution is 2.27. The lowest BCUT2D eigenvalue weighted by atomic mass is 9.92. The minimum atomic E-state index is -1.03. The van der Waals surface area contributed by atoms with Crippen molar-refractivity contribution in [2.75, 3.05) is 33.4 Å². The molecule has 0 radical (unpaired) electrons. The second-order valence-electron chi connectivity index (χ2n) is 6.38. The first-order valence-corrected chi connectivity index (χ1v) is 8.49. The average Bonchev–Trinajstić information content (AvgIpc) is 2.69. The highest BCUT2D eigenvalue weighted by molar-refractivity contribution is 5.97. The lowest BCUT2D eigenvalue weighted by molar-refractivity contribution is -0.124. The molecular formula is C20H22FNO4. The second kappa shape index (κ2) is 7.85. The molecule has 1 amide bonds. The van der Waals surface area contributed by atoms with Gasteiger partial charge < -0.3 is 19.5 Å². The Kier molecular flexibility index (Phi) is 5.54. The van der Waals surface area contributed by atoms with Crippen LogP contribution in [0.3, 0.4) is 0 Å². The van der Waals surface area contributed by atoms with Gasteiger partial charge in [-0.1, -0.05) is 30.3 Å². The number of para-hydroxylation sites is 1. The van der Waals surface area contributed by atoms with Crippen LogP contribution in [0.2, 0.25) is 0 Å². The van der Waals surface area contributed by atoms with Crippen LogP contribution in [0.25, 0.3) is 0 Å². The van der Waals surface area contributed by atoms with E-state index in [9.17, 15) is 14.3 Å². The Balaban J connectivity index is 1.83. The van der Waals surface area contributed by atoms with Gasteiger partial charge in [0.05, 0.1) is 32.4 Å². The molecule has 138 valence electrons. The van der Waals surface area contributed by atoms with Crippen molar-refractivity contribution in [3.05, 3.63) is 65.5 Å². The number of ether oxygens (including phenoxy) is 2. The van der Waals surface area contributed by atoms with Crippen molar-refractivity contribution in [1.82, 2.24) is 4.90 Å². The largest absolute Gasteiger partial charge is 0.496 e. The monoisotopic (exact) mass is 359 g/mol. The van der Waals surface area contributed by atoms with E-state index >= 15 is 0 Å². The number of carbonyl (C=O) groups is 1. The third-order valence-corrected chi connectivity index (χ3v) is 4.63. The van der Waals surface area contributed by atoms with E-state index in [4.69, 9.17) is 9.47 Å². The molecule has 1 N–H and O–H groups in total. The molecule has 2 aromatic rings. The van der Waals surface area contributed by atoms with Crippen LogP contribution in [0.15, 0.2) is 48.5 Å².